The Labute approximate surface area is 113 Å². The lowest BCUT2D eigenvalue weighted by molar-refractivity contribution is -0.125. The fourth-order valence-electron chi connectivity index (χ4n) is 2.83. The molecule has 17 heavy (non-hydrogen) atoms. The van der Waals surface area contributed by atoms with Gasteiger partial charge in [-0.2, -0.15) is 0 Å². The summed E-state index contributed by atoms with van der Waals surface area (Å²) in [5.74, 6) is 1.59. The fraction of sp³-hybridized carbons (Fsp3) is 0.462. The molecule has 0 saturated heterocycles. The van der Waals surface area contributed by atoms with Crippen LogP contribution in [0.1, 0.15) is 17.7 Å². The average molecular weight is 312 g/mol. The Morgan fingerprint density at radius 3 is 2.94 bits per heavy atom. The Balaban J connectivity index is 1.58. The molecule has 1 saturated carbocycles. The molecule has 3 atom stereocenters. The lowest BCUT2D eigenvalue weighted by Gasteiger charge is -2.17. The number of allylic oxidation sites excluding steroid dienone is 2. The predicted octanol–water partition coefficient (Wildman–Crippen LogP) is 3.34. The third-order valence-electron chi connectivity index (χ3n) is 3.73. The van der Waals surface area contributed by atoms with Gasteiger partial charge in [-0.3, -0.25) is 4.79 Å². The predicted molar refractivity (Wildman–Crippen MR) is 72.7 cm³/mol. The van der Waals surface area contributed by atoms with Crippen LogP contribution in [0.5, 0.6) is 0 Å². The third kappa shape index (κ3) is 2.20. The van der Waals surface area contributed by atoms with Gasteiger partial charge in [0.25, 0.3) is 0 Å². The van der Waals surface area contributed by atoms with Crippen LogP contribution in [0.2, 0.25) is 0 Å². The second-order valence-electron chi connectivity index (χ2n) is 4.80. The number of carbonyl (C=O) groups is 1. The van der Waals surface area contributed by atoms with Gasteiger partial charge in [0, 0.05) is 15.3 Å². The molecule has 2 aliphatic carbocycles. The second-order valence-corrected chi connectivity index (χ2v) is 6.65. The molecular formula is C13H14BrNOS. The average Bonchev–Trinajstić information content (AvgIpc) is 3.01. The van der Waals surface area contributed by atoms with Crippen molar-refractivity contribution < 1.29 is 4.79 Å². The smallest absolute Gasteiger partial charge is 0.224 e. The molecule has 1 aromatic rings. The molecule has 0 radical (unpaired) electrons. The molecule has 90 valence electrons. The van der Waals surface area contributed by atoms with Crippen molar-refractivity contribution in [1.29, 1.82) is 0 Å². The first kappa shape index (κ1) is 11.5. The summed E-state index contributed by atoms with van der Waals surface area (Å²) in [6.07, 6.45) is 6.71. The van der Waals surface area contributed by atoms with Crippen LogP contribution >= 0.6 is 27.3 Å². The first-order chi connectivity index (χ1) is 8.24. The molecule has 0 aromatic carbocycles. The van der Waals surface area contributed by atoms with E-state index < -0.39 is 0 Å². The molecule has 4 heteroatoms. The van der Waals surface area contributed by atoms with E-state index in [0.717, 1.165) is 10.9 Å². The van der Waals surface area contributed by atoms with Crippen LogP contribution < -0.4 is 5.32 Å². The van der Waals surface area contributed by atoms with Crippen LogP contribution in [0.4, 0.5) is 0 Å². The second kappa shape index (κ2) is 4.58. The van der Waals surface area contributed by atoms with Gasteiger partial charge in [0.15, 0.2) is 0 Å². The van der Waals surface area contributed by atoms with E-state index in [4.69, 9.17) is 0 Å². The van der Waals surface area contributed by atoms with Gasteiger partial charge >= 0.3 is 0 Å². The molecule has 3 rings (SSSR count). The van der Waals surface area contributed by atoms with Gasteiger partial charge in [0.1, 0.15) is 0 Å². The summed E-state index contributed by atoms with van der Waals surface area (Å²) in [6, 6.07) is 2.02. The number of rotatable bonds is 3. The molecule has 2 aliphatic rings. The normalized spacial score (nSPS) is 29.8. The van der Waals surface area contributed by atoms with E-state index >= 15 is 0 Å². The van der Waals surface area contributed by atoms with Crippen LogP contribution in [-0.2, 0) is 11.3 Å². The Morgan fingerprint density at radius 2 is 2.35 bits per heavy atom. The summed E-state index contributed by atoms with van der Waals surface area (Å²) >= 11 is 5.15. The number of halogens is 1. The van der Waals surface area contributed by atoms with E-state index in [1.165, 1.54) is 11.3 Å². The quantitative estimate of drug-likeness (QED) is 0.852. The highest BCUT2D eigenvalue weighted by molar-refractivity contribution is 9.10. The van der Waals surface area contributed by atoms with Crippen molar-refractivity contribution in [3.63, 3.8) is 0 Å². The summed E-state index contributed by atoms with van der Waals surface area (Å²) in [7, 11) is 0. The summed E-state index contributed by atoms with van der Waals surface area (Å²) in [5.41, 5.74) is 0. The van der Waals surface area contributed by atoms with Crippen molar-refractivity contribution >= 4 is 33.2 Å². The Kier molecular flexibility index (Phi) is 3.09. The molecule has 1 fully saturated rings. The van der Waals surface area contributed by atoms with Gasteiger partial charge in [-0.05, 0) is 52.1 Å². The van der Waals surface area contributed by atoms with Gasteiger partial charge in [0.05, 0.1) is 6.54 Å². The van der Waals surface area contributed by atoms with E-state index in [2.05, 4.69) is 33.4 Å². The van der Waals surface area contributed by atoms with Gasteiger partial charge in [-0.1, -0.05) is 12.2 Å². The van der Waals surface area contributed by atoms with Gasteiger partial charge in [0.2, 0.25) is 5.91 Å². The van der Waals surface area contributed by atoms with Crippen molar-refractivity contribution in [3.05, 3.63) is 32.9 Å². The number of hydrogen-bond acceptors (Lipinski definition) is 2. The maximum absolute atomic E-state index is 12.1. The number of carbonyl (C=O) groups excluding carboxylic acids is 1. The van der Waals surface area contributed by atoms with Gasteiger partial charge < -0.3 is 5.32 Å². The van der Waals surface area contributed by atoms with Gasteiger partial charge in [-0.15, -0.1) is 11.3 Å². The van der Waals surface area contributed by atoms with Crippen LogP contribution in [0, 0.1) is 17.8 Å². The first-order valence-electron chi connectivity index (χ1n) is 5.92. The summed E-state index contributed by atoms with van der Waals surface area (Å²) in [5, 5.41) is 5.09. The maximum atomic E-state index is 12.1. The lowest BCUT2D eigenvalue weighted by atomic mass is 9.93. The molecule has 2 bridgehead atoms. The van der Waals surface area contributed by atoms with Crippen molar-refractivity contribution in [1.82, 2.24) is 5.32 Å². The topological polar surface area (TPSA) is 29.1 Å². The minimum Gasteiger partial charge on any atom is -0.351 e. The monoisotopic (exact) mass is 311 g/mol. The van der Waals surface area contributed by atoms with Crippen molar-refractivity contribution in [3.8, 4) is 0 Å². The van der Waals surface area contributed by atoms with Crippen molar-refractivity contribution in [2.45, 2.75) is 19.4 Å². The van der Waals surface area contributed by atoms with E-state index in [1.807, 2.05) is 11.4 Å². The zero-order valence-corrected chi connectivity index (χ0v) is 11.8. The Hall–Kier alpha value is -0.610. The van der Waals surface area contributed by atoms with Gasteiger partial charge in [-0.25, -0.2) is 0 Å². The van der Waals surface area contributed by atoms with E-state index in [0.29, 0.717) is 18.4 Å². The lowest BCUT2D eigenvalue weighted by Crippen LogP contribution is -2.32. The van der Waals surface area contributed by atoms with E-state index in [1.54, 1.807) is 11.3 Å². The number of amides is 1. The minimum atomic E-state index is 0.212. The third-order valence-corrected chi connectivity index (χ3v) is 5.66. The molecule has 0 aliphatic heterocycles. The number of fused-ring (bicyclic) bond motifs is 2. The van der Waals surface area contributed by atoms with Crippen LogP contribution in [-0.4, -0.2) is 5.91 Å². The molecule has 0 spiro atoms. The number of hydrogen-bond donors (Lipinski definition) is 1. The van der Waals surface area contributed by atoms with Crippen molar-refractivity contribution in [2.24, 2.45) is 17.8 Å². The first-order valence-corrected chi connectivity index (χ1v) is 7.59. The Morgan fingerprint density at radius 1 is 1.47 bits per heavy atom. The highest BCUT2D eigenvalue weighted by Gasteiger charge is 2.39. The zero-order chi connectivity index (χ0) is 11.8. The van der Waals surface area contributed by atoms with E-state index in [9.17, 15) is 4.79 Å². The summed E-state index contributed by atoms with van der Waals surface area (Å²) in [6.45, 7) is 0.648. The zero-order valence-electron chi connectivity index (χ0n) is 9.36. The molecule has 1 aromatic heterocycles. The number of nitrogens with one attached hydrogen (secondary N) is 1. The number of thiophene rings is 1. The molecule has 3 unspecified atom stereocenters. The van der Waals surface area contributed by atoms with Crippen LogP contribution in [0.15, 0.2) is 28.1 Å². The standard InChI is InChI=1S/C13H14BrNOS/c14-11-3-4-17-12(11)7-15-13(16)10-6-8-1-2-9(10)5-8/h1-4,8-10H,5-7H2,(H,15,16). The molecule has 2 nitrogen and oxygen atoms in total. The molecule has 1 N–H and O–H groups in total. The highest BCUT2D eigenvalue weighted by Crippen LogP contribution is 2.43. The molecule has 1 heterocycles. The fourth-order valence-corrected chi connectivity index (χ4v) is 4.26. The van der Waals surface area contributed by atoms with Crippen LogP contribution in [0.25, 0.3) is 0 Å². The minimum absolute atomic E-state index is 0.212. The summed E-state index contributed by atoms with van der Waals surface area (Å²) < 4.78 is 1.09. The largest absolute Gasteiger partial charge is 0.351 e. The Bertz CT molecular complexity index is 468. The maximum Gasteiger partial charge on any atom is 0.224 e. The molecular weight excluding hydrogens is 298 g/mol. The SMILES string of the molecule is O=C(NCc1sccc1Br)C1CC2C=CC1C2. The highest BCUT2D eigenvalue weighted by atomic mass is 79.9. The van der Waals surface area contributed by atoms with Crippen LogP contribution in [0.3, 0.4) is 0 Å². The van der Waals surface area contributed by atoms with E-state index in [-0.39, 0.29) is 11.8 Å². The molecule has 1 amide bonds. The summed E-state index contributed by atoms with van der Waals surface area (Å²) in [4.78, 5) is 13.3. The van der Waals surface area contributed by atoms with Crippen molar-refractivity contribution in [2.75, 3.05) is 0 Å².